The Kier molecular flexibility index (Phi) is 3.39. The highest BCUT2D eigenvalue weighted by Crippen LogP contribution is 2.34. The first-order chi connectivity index (χ1) is 10.8. The zero-order valence-corrected chi connectivity index (χ0v) is 12.5. The second kappa shape index (κ2) is 5.54. The van der Waals surface area contributed by atoms with E-state index >= 15 is 0 Å². The van der Waals surface area contributed by atoms with Gasteiger partial charge in [0.1, 0.15) is 5.69 Å². The van der Waals surface area contributed by atoms with Crippen molar-refractivity contribution in [1.29, 1.82) is 0 Å². The smallest absolute Gasteiger partial charge is 0.160 e. The van der Waals surface area contributed by atoms with Crippen molar-refractivity contribution < 1.29 is 0 Å². The highest BCUT2D eigenvalue weighted by atomic mass is 15.1. The molecule has 2 atom stereocenters. The minimum atomic E-state index is 0.189. The molecule has 4 rings (SSSR count). The first-order valence-electron chi connectivity index (χ1n) is 7.98. The van der Waals surface area contributed by atoms with Gasteiger partial charge in [0, 0.05) is 12.2 Å². The van der Waals surface area contributed by atoms with Gasteiger partial charge in [-0.3, -0.25) is 4.98 Å². The molecule has 1 aliphatic rings. The van der Waals surface area contributed by atoms with E-state index in [1.165, 1.54) is 12.8 Å². The summed E-state index contributed by atoms with van der Waals surface area (Å²) in [6.07, 6.45) is 6.47. The molecule has 22 heavy (non-hydrogen) atoms. The third-order valence-corrected chi connectivity index (χ3v) is 4.60. The number of imidazole rings is 1. The largest absolute Gasteiger partial charge is 0.326 e. The molecule has 0 aliphatic heterocycles. The normalized spacial score (nSPS) is 22.0. The number of pyridine rings is 1. The molecule has 0 radical (unpaired) electrons. The van der Waals surface area contributed by atoms with Crippen LogP contribution in [-0.4, -0.2) is 20.6 Å². The maximum Gasteiger partial charge on any atom is 0.160 e. The Hall–Kier alpha value is -2.20. The van der Waals surface area contributed by atoms with Crippen LogP contribution in [0.3, 0.4) is 0 Å². The lowest BCUT2D eigenvalue weighted by molar-refractivity contribution is 0.313. The van der Waals surface area contributed by atoms with Crippen LogP contribution in [0, 0.1) is 0 Å². The van der Waals surface area contributed by atoms with Crippen molar-refractivity contribution in [2.45, 2.75) is 37.8 Å². The third-order valence-electron chi connectivity index (χ3n) is 4.60. The molecule has 0 saturated heterocycles. The maximum atomic E-state index is 6.44. The average molecular weight is 292 g/mol. The summed E-state index contributed by atoms with van der Waals surface area (Å²) in [7, 11) is 0. The van der Waals surface area contributed by atoms with Gasteiger partial charge in [0.15, 0.2) is 5.82 Å². The lowest BCUT2D eigenvalue weighted by atomic mass is 9.90. The van der Waals surface area contributed by atoms with Crippen molar-refractivity contribution in [2.75, 3.05) is 0 Å². The Morgan fingerprint density at radius 2 is 1.82 bits per heavy atom. The van der Waals surface area contributed by atoms with E-state index in [4.69, 9.17) is 10.7 Å². The molecule has 3 aromatic rings. The summed E-state index contributed by atoms with van der Waals surface area (Å²) in [6, 6.07) is 14.7. The highest BCUT2D eigenvalue weighted by Gasteiger charge is 2.27. The van der Waals surface area contributed by atoms with E-state index in [0.717, 1.165) is 35.4 Å². The summed E-state index contributed by atoms with van der Waals surface area (Å²) in [4.78, 5) is 9.34. The summed E-state index contributed by atoms with van der Waals surface area (Å²) in [6.45, 7) is 0. The first-order valence-corrected chi connectivity index (χ1v) is 7.98. The summed E-state index contributed by atoms with van der Waals surface area (Å²) in [5.74, 6) is 0.934. The molecule has 0 bridgehead atoms. The van der Waals surface area contributed by atoms with Crippen molar-refractivity contribution >= 4 is 11.0 Å². The van der Waals surface area contributed by atoms with Gasteiger partial charge >= 0.3 is 0 Å². The van der Waals surface area contributed by atoms with Gasteiger partial charge in [-0.1, -0.05) is 31.0 Å². The monoisotopic (exact) mass is 292 g/mol. The number of fused-ring (bicyclic) bond motifs is 1. The number of nitrogens with zero attached hydrogens (tertiary/aromatic N) is 3. The minimum absolute atomic E-state index is 0.189. The molecular formula is C18H20N4. The van der Waals surface area contributed by atoms with Crippen molar-refractivity contribution in [2.24, 2.45) is 5.73 Å². The van der Waals surface area contributed by atoms with Crippen molar-refractivity contribution in [3.8, 4) is 11.5 Å². The second-order valence-electron chi connectivity index (χ2n) is 6.02. The van der Waals surface area contributed by atoms with E-state index in [2.05, 4.69) is 27.8 Å². The van der Waals surface area contributed by atoms with Gasteiger partial charge < -0.3 is 10.3 Å². The van der Waals surface area contributed by atoms with Crippen LogP contribution in [0.1, 0.15) is 31.7 Å². The van der Waals surface area contributed by atoms with Gasteiger partial charge in [-0.25, -0.2) is 4.98 Å². The van der Waals surface area contributed by atoms with Crippen LogP contribution in [-0.2, 0) is 0 Å². The van der Waals surface area contributed by atoms with Gasteiger partial charge in [-0.2, -0.15) is 0 Å². The van der Waals surface area contributed by atoms with Gasteiger partial charge in [0.05, 0.1) is 17.1 Å². The van der Waals surface area contributed by atoms with Crippen LogP contribution in [0.2, 0.25) is 0 Å². The summed E-state index contributed by atoms with van der Waals surface area (Å²) in [5, 5.41) is 0. The quantitative estimate of drug-likeness (QED) is 0.786. The number of benzene rings is 1. The Morgan fingerprint density at radius 3 is 2.64 bits per heavy atom. The SMILES string of the molecule is N[C@@H]1CCCC[C@H]1n1c(-c2ccccn2)nc2ccccc21. The lowest BCUT2D eigenvalue weighted by Crippen LogP contribution is -2.35. The molecule has 0 unspecified atom stereocenters. The standard InChI is InChI=1S/C18H20N4/c19-13-7-1-3-10-16(13)22-17-11-4-2-8-14(17)21-18(22)15-9-5-6-12-20-15/h2,4-6,8-9,11-13,16H,1,3,7,10,19H2/t13-,16-/m1/s1. The molecular weight excluding hydrogens is 272 g/mol. The van der Waals surface area contributed by atoms with Gasteiger partial charge in [-0.05, 0) is 37.1 Å². The lowest BCUT2D eigenvalue weighted by Gasteiger charge is -2.31. The fourth-order valence-electron chi connectivity index (χ4n) is 3.52. The number of aromatic nitrogens is 3. The van der Waals surface area contributed by atoms with Gasteiger partial charge in [-0.15, -0.1) is 0 Å². The maximum absolute atomic E-state index is 6.44. The van der Waals surface area contributed by atoms with Crippen LogP contribution < -0.4 is 5.73 Å². The third kappa shape index (κ3) is 2.20. The Bertz CT molecular complexity index is 778. The summed E-state index contributed by atoms with van der Waals surface area (Å²) in [5.41, 5.74) is 9.53. The predicted molar refractivity (Wildman–Crippen MR) is 88.4 cm³/mol. The summed E-state index contributed by atoms with van der Waals surface area (Å²) >= 11 is 0. The molecule has 1 fully saturated rings. The van der Waals surface area contributed by atoms with Crippen LogP contribution in [0.15, 0.2) is 48.7 Å². The zero-order valence-electron chi connectivity index (χ0n) is 12.5. The topological polar surface area (TPSA) is 56.7 Å². The first kappa shape index (κ1) is 13.5. The molecule has 1 saturated carbocycles. The fourth-order valence-corrected chi connectivity index (χ4v) is 3.52. The number of hydrogen-bond donors (Lipinski definition) is 1. The molecule has 0 amide bonds. The molecule has 4 heteroatoms. The molecule has 2 N–H and O–H groups in total. The molecule has 4 nitrogen and oxygen atoms in total. The molecule has 0 spiro atoms. The van der Waals surface area contributed by atoms with Crippen LogP contribution >= 0.6 is 0 Å². The van der Waals surface area contributed by atoms with Crippen LogP contribution in [0.5, 0.6) is 0 Å². The van der Waals surface area contributed by atoms with Crippen LogP contribution in [0.4, 0.5) is 0 Å². The van der Waals surface area contributed by atoms with Gasteiger partial charge in [0.2, 0.25) is 0 Å². The number of nitrogens with two attached hydrogens (primary N) is 1. The Balaban J connectivity index is 1.94. The van der Waals surface area contributed by atoms with Crippen LogP contribution in [0.25, 0.3) is 22.6 Å². The van der Waals surface area contributed by atoms with E-state index in [9.17, 15) is 0 Å². The Morgan fingerprint density at radius 1 is 1.00 bits per heavy atom. The van der Waals surface area contributed by atoms with Gasteiger partial charge in [0.25, 0.3) is 0 Å². The van der Waals surface area contributed by atoms with E-state index in [0.29, 0.717) is 6.04 Å². The average Bonchev–Trinajstić information content (AvgIpc) is 2.95. The minimum Gasteiger partial charge on any atom is -0.326 e. The highest BCUT2D eigenvalue weighted by molar-refractivity contribution is 5.80. The number of rotatable bonds is 2. The number of para-hydroxylation sites is 2. The van der Waals surface area contributed by atoms with E-state index < -0.39 is 0 Å². The van der Waals surface area contributed by atoms with Crippen molar-refractivity contribution in [3.05, 3.63) is 48.7 Å². The molecule has 1 aromatic carbocycles. The molecule has 2 aromatic heterocycles. The molecule has 2 heterocycles. The van der Waals surface area contributed by atoms with Crippen molar-refractivity contribution in [3.63, 3.8) is 0 Å². The zero-order chi connectivity index (χ0) is 14.9. The van der Waals surface area contributed by atoms with E-state index in [1.54, 1.807) is 0 Å². The predicted octanol–water partition coefficient (Wildman–Crippen LogP) is 3.54. The second-order valence-corrected chi connectivity index (χ2v) is 6.02. The van der Waals surface area contributed by atoms with E-state index in [-0.39, 0.29) is 6.04 Å². The number of hydrogen-bond acceptors (Lipinski definition) is 3. The Labute approximate surface area is 130 Å². The van der Waals surface area contributed by atoms with Crippen molar-refractivity contribution in [1.82, 2.24) is 14.5 Å². The summed E-state index contributed by atoms with van der Waals surface area (Å²) < 4.78 is 2.32. The molecule has 112 valence electrons. The molecule has 1 aliphatic carbocycles. The van der Waals surface area contributed by atoms with E-state index in [1.807, 2.05) is 30.5 Å². The fraction of sp³-hybridized carbons (Fsp3) is 0.333.